The van der Waals surface area contributed by atoms with Crippen LogP contribution in [0.4, 0.5) is 14.5 Å². The number of anilines is 1. The van der Waals surface area contributed by atoms with Crippen molar-refractivity contribution in [2.45, 2.75) is 11.4 Å². The molecule has 1 aromatic heterocycles. The average molecular weight is 301 g/mol. The first kappa shape index (κ1) is 14.5. The third kappa shape index (κ3) is 2.66. The number of hydrogen-bond acceptors (Lipinski definition) is 3. The predicted molar refractivity (Wildman–Crippen MR) is 70.5 cm³/mol. The highest BCUT2D eigenvalue weighted by atomic mass is 32.2. The second-order valence-electron chi connectivity index (χ2n) is 4.19. The number of hydrogen-bond donors (Lipinski definition) is 2. The SMILES string of the molecule is Cn1cc(S(=O)(=O)Nc2cccc(F)c2F)cc1CN. The first-order chi connectivity index (χ1) is 9.35. The van der Waals surface area contributed by atoms with Crippen LogP contribution in [0.1, 0.15) is 5.69 Å². The highest BCUT2D eigenvalue weighted by molar-refractivity contribution is 7.92. The standard InChI is InChI=1S/C12H13F2N3O2S/c1-17-7-9(5-8(17)6-15)20(18,19)16-11-4-2-3-10(13)12(11)14/h2-5,7,16H,6,15H2,1H3. The Morgan fingerprint density at radius 2 is 2.05 bits per heavy atom. The molecule has 0 saturated heterocycles. The fourth-order valence-electron chi connectivity index (χ4n) is 1.71. The molecule has 20 heavy (non-hydrogen) atoms. The fraction of sp³-hybridized carbons (Fsp3) is 0.167. The van der Waals surface area contributed by atoms with E-state index in [0.29, 0.717) is 5.69 Å². The molecule has 0 radical (unpaired) electrons. The van der Waals surface area contributed by atoms with Crippen molar-refractivity contribution in [3.05, 3.63) is 47.8 Å². The molecule has 0 amide bonds. The van der Waals surface area contributed by atoms with Crippen LogP contribution < -0.4 is 10.5 Å². The van der Waals surface area contributed by atoms with Crippen LogP contribution in [0.15, 0.2) is 35.4 Å². The molecule has 3 N–H and O–H groups in total. The number of nitrogens with one attached hydrogen (secondary N) is 1. The fourth-order valence-corrected chi connectivity index (χ4v) is 2.87. The summed E-state index contributed by atoms with van der Waals surface area (Å²) in [4.78, 5) is -0.0656. The number of halogens is 2. The van der Waals surface area contributed by atoms with Gasteiger partial charge in [0.1, 0.15) is 4.90 Å². The summed E-state index contributed by atoms with van der Waals surface area (Å²) in [5, 5.41) is 0. The largest absolute Gasteiger partial charge is 0.352 e. The normalized spacial score (nSPS) is 11.6. The molecular formula is C12H13F2N3O2S. The molecule has 8 heteroatoms. The number of aryl methyl sites for hydroxylation is 1. The zero-order valence-electron chi connectivity index (χ0n) is 10.6. The summed E-state index contributed by atoms with van der Waals surface area (Å²) in [5.74, 6) is -2.37. The minimum Gasteiger partial charge on any atom is -0.352 e. The van der Waals surface area contributed by atoms with Gasteiger partial charge >= 0.3 is 0 Å². The summed E-state index contributed by atoms with van der Waals surface area (Å²) < 4.78 is 54.3. The summed E-state index contributed by atoms with van der Waals surface area (Å²) in [6.07, 6.45) is 1.35. The molecule has 1 heterocycles. The van der Waals surface area contributed by atoms with Gasteiger partial charge in [-0.15, -0.1) is 0 Å². The van der Waals surface area contributed by atoms with Gasteiger partial charge in [-0.25, -0.2) is 17.2 Å². The van der Waals surface area contributed by atoms with Crippen LogP contribution in [0.3, 0.4) is 0 Å². The van der Waals surface area contributed by atoms with Gasteiger partial charge < -0.3 is 10.3 Å². The van der Waals surface area contributed by atoms with E-state index in [1.807, 2.05) is 4.72 Å². The van der Waals surface area contributed by atoms with Crippen molar-refractivity contribution >= 4 is 15.7 Å². The van der Waals surface area contributed by atoms with E-state index < -0.39 is 27.3 Å². The van der Waals surface area contributed by atoms with E-state index in [1.54, 1.807) is 11.6 Å². The molecule has 1 aromatic carbocycles. The molecule has 0 spiro atoms. The topological polar surface area (TPSA) is 77.1 Å². The molecular weight excluding hydrogens is 288 g/mol. The number of sulfonamides is 1. The second kappa shape index (κ2) is 5.22. The maximum absolute atomic E-state index is 13.5. The maximum atomic E-state index is 13.5. The maximum Gasteiger partial charge on any atom is 0.263 e. The molecule has 0 unspecified atom stereocenters. The van der Waals surface area contributed by atoms with Crippen LogP contribution >= 0.6 is 0 Å². The van der Waals surface area contributed by atoms with Crippen molar-refractivity contribution in [1.82, 2.24) is 4.57 Å². The molecule has 2 rings (SSSR count). The van der Waals surface area contributed by atoms with Crippen LogP contribution in [0.5, 0.6) is 0 Å². The average Bonchev–Trinajstić information content (AvgIpc) is 2.77. The van der Waals surface area contributed by atoms with Crippen LogP contribution in [-0.2, 0) is 23.6 Å². The lowest BCUT2D eigenvalue weighted by Crippen LogP contribution is -2.13. The van der Waals surface area contributed by atoms with Crippen molar-refractivity contribution in [1.29, 1.82) is 0 Å². The lowest BCUT2D eigenvalue weighted by molar-refractivity contribution is 0.511. The van der Waals surface area contributed by atoms with Gasteiger partial charge in [0.2, 0.25) is 0 Å². The predicted octanol–water partition coefficient (Wildman–Crippen LogP) is 1.56. The van der Waals surface area contributed by atoms with Gasteiger partial charge in [-0.05, 0) is 18.2 Å². The van der Waals surface area contributed by atoms with Crippen LogP contribution in [0.2, 0.25) is 0 Å². The number of rotatable bonds is 4. The van der Waals surface area contributed by atoms with Gasteiger partial charge in [-0.1, -0.05) is 6.07 Å². The summed E-state index contributed by atoms with van der Waals surface area (Å²) in [6.45, 7) is 0.167. The first-order valence-electron chi connectivity index (χ1n) is 5.67. The molecule has 0 bridgehead atoms. The number of aromatic nitrogens is 1. The Labute approximate surface area is 115 Å². The third-order valence-corrected chi connectivity index (χ3v) is 4.13. The van der Waals surface area contributed by atoms with Crippen molar-refractivity contribution < 1.29 is 17.2 Å². The van der Waals surface area contributed by atoms with Gasteiger partial charge in [0.25, 0.3) is 10.0 Å². The van der Waals surface area contributed by atoms with Crippen LogP contribution in [-0.4, -0.2) is 13.0 Å². The highest BCUT2D eigenvalue weighted by Gasteiger charge is 2.20. The first-order valence-corrected chi connectivity index (χ1v) is 7.15. The lowest BCUT2D eigenvalue weighted by Gasteiger charge is -2.07. The molecule has 0 aliphatic heterocycles. The Morgan fingerprint density at radius 1 is 1.35 bits per heavy atom. The molecule has 2 aromatic rings. The van der Waals surface area contributed by atoms with E-state index in [2.05, 4.69) is 0 Å². The summed E-state index contributed by atoms with van der Waals surface area (Å²) >= 11 is 0. The minimum atomic E-state index is -4.00. The van der Waals surface area contributed by atoms with Gasteiger partial charge in [-0.3, -0.25) is 4.72 Å². The van der Waals surface area contributed by atoms with Crippen molar-refractivity contribution in [3.8, 4) is 0 Å². The second-order valence-corrected chi connectivity index (χ2v) is 5.87. The van der Waals surface area contributed by atoms with E-state index in [4.69, 9.17) is 5.73 Å². The van der Waals surface area contributed by atoms with Crippen molar-refractivity contribution in [3.63, 3.8) is 0 Å². The minimum absolute atomic E-state index is 0.0656. The Kier molecular flexibility index (Phi) is 3.78. The Morgan fingerprint density at radius 3 is 2.65 bits per heavy atom. The molecule has 0 fully saturated rings. The zero-order chi connectivity index (χ0) is 14.9. The number of nitrogens with zero attached hydrogens (tertiary/aromatic N) is 1. The Balaban J connectivity index is 2.38. The Bertz CT molecular complexity index is 741. The summed E-state index contributed by atoms with van der Waals surface area (Å²) in [7, 11) is -2.35. The van der Waals surface area contributed by atoms with Gasteiger partial charge in [0, 0.05) is 25.5 Å². The lowest BCUT2D eigenvalue weighted by atomic mass is 10.3. The van der Waals surface area contributed by atoms with E-state index in [-0.39, 0.29) is 11.4 Å². The molecule has 5 nitrogen and oxygen atoms in total. The molecule has 0 aliphatic rings. The zero-order valence-corrected chi connectivity index (χ0v) is 11.4. The Hall–Kier alpha value is -1.93. The van der Waals surface area contributed by atoms with Gasteiger partial charge in [0.05, 0.1) is 5.69 Å². The van der Waals surface area contributed by atoms with E-state index in [9.17, 15) is 17.2 Å². The van der Waals surface area contributed by atoms with Crippen molar-refractivity contribution in [2.75, 3.05) is 4.72 Å². The van der Waals surface area contributed by atoms with Crippen LogP contribution in [0.25, 0.3) is 0 Å². The molecule has 0 aliphatic carbocycles. The number of nitrogens with two attached hydrogens (primary N) is 1. The monoisotopic (exact) mass is 301 g/mol. The molecule has 0 atom stereocenters. The molecule has 108 valence electrons. The smallest absolute Gasteiger partial charge is 0.263 e. The van der Waals surface area contributed by atoms with E-state index in [0.717, 1.165) is 12.1 Å². The van der Waals surface area contributed by atoms with Gasteiger partial charge in [0.15, 0.2) is 11.6 Å². The summed E-state index contributed by atoms with van der Waals surface area (Å²) in [6, 6.07) is 4.64. The number of benzene rings is 1. The molecule has 0 saturated carbocycles. The third-order valence-electron chi connectivity index (χ3n) is 2.80. The van der Waals surface area contributed by atoms with Gasteiger partial charge in [-0.2, -0.15) is 0 Å². The van der Waals surface area contributed by atoms with E-state index >= 15 is 0 Å². The summed E-state index contributed by atoms with van der Waals surface area (Å²) in [5.41, 5.74) is 5.62. The van der Waals surface area contributed by atoms with Crippen LogP contribution in [0, 0.1) is 11.6 Å². The highest BCUT2D eigenvalue weighted by Crippen LogP contribution is 2.21. The quantitative estimate of drug-likeness (QED) is 0.899. The van der Waals surface area contributed by atoms with E-state index in [1.165, 1.54) is 18.3 Å². The van der Waals surface area contributed by atoms with Crippen molar-refractivity contribution in [2.24, 2.45) is 12.8 Å².